The van der Waals surface area contributed by atoms with E-state index in [1.807, 2.05) is 13.8 Å². The van der Waals surface area contributed by atoms with Gasteiger partial charge in [0, 0.05) is 5.56 Å². The van der Waals surface area contributed by atoms with Crippen molar-refractivity contribution in [1.82, 2.24) is 0 Å². The van der Waals surface area contributed by atoms with Gasteiger partial charge in [-0.25, -0.2) is 0 Å². The van der Waals surface area contributed by atoms with Gasteiger partial charge in [0.2, 0.25) is 0 Å². The third kappa shape index (κ3) is 6.26. The predicted molar refractivity (Wildman–Crippen MR) is 100 cm³/mol. The fraction of sp³-hybridized carbons (Fsp3) is 0.550. The van der Waals surface area contributed by atoms with Gasteiger partial charge in [-0.1, -0.05) is 24.7 Å². The highest BCUT2D eigenvalue weighted by molar-refractivity contribution is 5.78. The maximum absolute atomic E-state index is 6.06. The van der Waals surface area contributed by atoms with Crippen LogP contribution in [0.2, 0.25) is 0 Å². The summed E-state index contributed by atoms with van der Waals surface area (Å²) in [5, 5.41) is 3.92. The van der Waals surface area contributed by atoms with Crippen LogP contribution in [-0.2, 0) is 11.3 Å². The van der Waals surface area contributed by atoms with Crippen molar-refractivity contribution in [1.29, 1.82) is 0 Å². The molecule has 24 heavy (non-hydrogen) atoms. The average molecular weight is 333 g/mol. The molecule has 134 valence electrons. The Morgan fingerprint density at radius 3 is 2.50 bits per heavy atom. The van der Waals surface area contributed by atoms with Crippen LogP contribution in [-0.4, -0.2) is 25.5 Å². The van der Waals surface area contributed by atoms with Gasteiger partial charge in [-0.15, -0.1) is 0 Å². The lowest BCUT2D eigenvalue weighted by Crippen LogP contribution is -2.06. The first-order valence-corrected chi connectivity index (χ1v) is 8.63. The SMILES string of the molecule is C=CCOc1cc(C)c(OCCCCON=C(C)C)c(CC)c1C. The van der Waals surface area contributed by atoms with Gasteiger partial charge in [0.1, 0.15) is 24.7 Å². The molecular formula is C20H31NO3. The maximum atomic E-state index is 6.06. The van der Waals surface area contributed by atoms with Crippen LogP contribution in [0.1, 0.15) is 50.3 Å². The molecule has 1 aromatic carbocycles. The third-order valence-corrected chi connectivity index (χ3v) is 3.64. The van der Waals surface area contributed by atoms with Crippen molar-refractivity contribution in [2.45, 2.75) is 53.9 Å². The zero-order chi connectivity index (χ0) is 17.9. The quantitative estimate of drug-likeness (QED) is 0.247. The molecule has 0 saturated heterocycles. The lowest BCUT2D eigenvalue weighted by Gasteiger charge is -2.19. The van der Waals surface area contributed by atoms with E-state index in [9.17, 15) is 0 Å². The molecule has 4 nitrogen and oxygen atoms in total. The summed E-state index contributed by atoms with van der Waals surface area (Å²) in [5.74, 6) is 1.90. The van der Waals surface area contributed by atoms with Crippen LogP contribution in [0.5, 0.6) is 11.5 Å². The van der Waals surface area contributed by atoms with Gasteiger partial charge >= 0.3 is 0 Å². The van der Waals surface area contributed by atoms with Crippen molar-refractivity contribution < 1.29 is 14.3 Å². The standard InChI is InChI=1S/C20H31NO3/c1-7-11-22-19-14-16(5)20(18(8-2)17(19)6)23-12-9-10-13-24-21-15(3)4/h7,14H,1,8-13H2,2-6H3. The molecule has 0 spiro atoms. The molecule has 0 amide bonds. The van der Waals surface area contributed by atoms with Gasteiger partial charge in [-0.3, -0.25) is 0 Å². The van der Waals surface area contributed by atoms with Gasteiger partial charge in [0.25, 0.3) is 0 Å². The number of nitrogens with zero attached hydrogens (tertiary/aromatic N) is 1. The first kappa shape index (κ1) is 20.1. The zero-order valence-corrected chi connectivity index (χ0v) is 15.8. The highest BCUT2D eigenvalue weighted by Crippen LogP contribution is 2.34. The van der Waals surface area contributed by atoms with Crippen molar-refractivity contribution in [3.05, 3.63) is 35.4 Å². The summed E-state index contributed by atoms with van der Waals surface area (Å²) in [6.45, 7) is 15.7. The van der Waals surface area contributed by atoms with Crippen molar-refractivity contribution in [3.8, 4) is 11.5 Å². The van der Waals surface area contributed by atoms with Gasteiger partial charge in [-0.2, -0.15) is 0 Å². The monoisotopic (exact) mass is 333 g/mol. The fourth-order valence-electron chi connectivity index (χ4n) is 2.47. The van der Waals surface area contributed by atoms with Crippen LogP contribution >= 0.6 is 0 Å². The topological polar surface area (TPSA) is 40.0 Å². The molecule has 0 N–H and O–H groups in total. The first-order valence-electron chi connectivity index (χ1n) is 8.63. The number of benzene rings is 1. The molecule has 0 aliphatic carbocycles. The molecule has 0 bridgehead atoms. The Labute approximate surface area is 146 Å². The normalized spacial score (nSPS) is 10.2. The lowest BCUT2D eigenvalue weighted by molar-refractivity contribution is 0.135. The summed E-state index contributed by atoms with van der Waals surface area (Å²) in [6, 6.07) is 2.05. The van der Waals surface area contributed by atoms with E-state index < -0.39 is 0 Å². The summed E-state index contributed by atoms with van der Waals surface area (Å²) < 4.78 is 11.8. The molecule has 0 aliphatic rings. The molecule has 4 heteroatoms. The Morgan fingerprint density at radius 2 is 1.88 bits per heavy atom. The van der Waals surface area contributed by atoms with Crippen LogP contribution in [0.15, 0.2) is 23.9 Å². The number of unbranched alkanes of at least 4 members (excludes halogenated alkanes) is 1. The van der Waals surface area contributed by atoms with Gasteiger partial charge < -0.3 is 14.3 Å². The first-order chi connectivity index (χ1) is 11.5. The van der Waals surface area contributed by atoms with E-state index in [0.717, 1.165) is 47.6 Å². The van der Waals surface area contributed by atoms with Crippen LogP contribution in [0.4, 0.5) is 0 Å². The minimum Gasteiger partial charge on any atom is -0.493 e. The maximum Gasteiger partial charge on any atom is 0.125 e. The van der Waals surface area contributed by atoms with Crippen molar-refractivity contribution in [2.75, 3.05) is 19.8 Å². The number of ether oxygens (including phenoxy) is 2. The second-order valence-corrected chi connectivity index (χ2v) is 6.00. The van der Waals surface area contributed by atoms with E-state index in [1.54, 1.807) is 6.08 Å². The minimum absolute atomic E-state index is 0.517. The average Bonchev–Trinajstić information content (AvgIpc) is 2.55. The molecular weight excluding hydrogens is 302 g/mol. The number of rotatable bonds is 11. The summed E-state index contributed by atoms with van der Waals surface area (Å²) in [5.41, 5.74) is 4.41. The second kappa shape index (κ2) is 10.7. The zero-order valence-electron chi connectivity index (χ0n) is 15.8. The predicted octanol–water partition coefficient (Wildman–Crippen LogP) is 5.00. The molecule has 0 atom stereocenters. The molecule has 0 aliphatic heterocycles. The van der Waals surface area contributed by atoms with Crippen molar-refractivity contribution >= 4 is 5.71 Å². The summed E-state index contributed by atoms with van der Waals surface area (Å²) in [7, 11) is 0. The fourth-order valence-corrected chi connectivity index (χ4v) is 2.47. The molecule has 0 radical (unpaired) electrons. The highest BCUT2D eigenvalue weighted by Gasteiger charge is 2.14. The van der Waals surface area contributed by atoms with E-state index in [4.69, 9.17) is 14.3 Å². The summed E-state index contributed by atoms with van der Waals surface area (Å²) in [6.07, 6.45) is 4.54. The van der Waals surface area contributed by atoms with Crippen molar-refractivity contribution in [3.63, 3.8) is 0 Å². The Bertz CT molecular complexity index is 560. The van der Waals surface area contributed by atoms with Crippen LogP contribution in [0.3, 0.4) is 0 Å². The summed E-state index contributed by atoms with van der Waals surface area (Å²) >= 11 is 0. The smallest absolute Gasteiger partial charge is 0.125 e. The van der Waals surface area contributed by atoms with Gasteiger partial charge in [0.05, 0.1) is 12.3 Å². The van der Waals surface area contributed by atoms with Gasteiger partial charge in [-0.05, 0) is 64.2 Å². The van der Waals surface area contributed by atoms with Crippen molar-refractivity contribution in [2.24, 2.45) is 5.16 Å². The van der Waals surface area contributed by atoms with Crippen LogP contribution < -0.4 is 9.47 Å². The Hall–Kier alpha value is -1.97. The Kier molecular flexibility index (Phi) is 8.98. The van der Waals surface area contributed by atoms with E-state index in [2.05, 4.69) is 38.6 Å². The minimum atomic E-state index is 0.517. The van der Waals surface area contributed by atoms with E-state index in [0.29, 0.717) is 19.8 Å². The lowest BCUT2D eigenvalue weighted by atomic mass is 10.0. The number of hydrogen-bond acceptors (Lipinski definition) is 4. The molecule has 1 aromatic rings. The number of aryl methyl sites for hydroxylation is 1. The molecule has 1 rings (SSSR count). The highest BCUT2D eigenvalue weighted by atomic mass is 16.6. The molecule has 0 unspecified atom stereocenters. The number of hydrogen-bond donors (Lipinski definition) is 0. The van der Waals surface area contributed by atoms with Crippen LogP contribution in [0, 0.1) is 13.8 Å². The molecule has 0 fully saturated rings. The van der Waals surface area contributed by atoms with E-state index in [-0.39, 0.29) is 0 Å². The van der Waals surface area contributed by atoms with Gasteiger partial charge in [0.15, 0.2) is 0 Å². The van der Waals surface area contributed by atoms with E-state index in [1.165, 1.54) is 5.56 Å². The third-order valence-electron chi connectivity index (χ3n) is 3.64. The second-order valence-electron chi connectivity index (χ2n) is 6.00. The van der Waals surface area contributed by atoms with E-state index >= 15 is 0 Å². The number of oxime groups is 1. The largest absolute Gasteiger partial charge is 0.493 e. The Morgan fingerprint density at radius 1 is 1.17 bits per heavy atom. The Balaban J connectivity index is 2.62. The molecule has 0 heterocycles. The molecule has 0 aromatic heterocycles. The van der Waals surface area contributed by atoms with Crippen LogP contribution in [0.25, 0.3) is 0 Å². The molecule has 0 saturated carbocycles. The summed E-state index contributed by atoms with van der Waals surface area (Å²) in [4.78, 5) is 5.20.